The Morgan fingerprint density at radius 2 is 1.38 bits per heavy atom. The van der Waals surface area contributed by atoms with Crippen molar-refractivity contribution >= 4 is 41.1 Å². The summed E-state index contributed by atoms with van der Waals surface area (Å²) in [6.45, 7) is 3.20. The lowest BCUT2D eigenvalue weighted by Crippen LogP contribution is -2.37. The number of benzene rings is 1. The molecule has 3 aromatic rings. The topological polar surface area (TPSA) is 56.0 Å². The van der Waals surface area contributed by atoms with Crippen LogP contribution in [-0.4, -0.2) is 55.1 Å². The molecule has 0 unspecified atom stereocenters. The summed E-state index contributed by atoms with van der Waals surface area (Å²) in [5.41, 5.74) is 4.50. The number of Topliss-reactive ketones (excluding diaryl/α,β-unsaturated/α-hetero) is 1. The van der Waals surface area contributed by atoms with Crippen molar-refractivity contribution in [1.82, 2.24) is 24.5 Å². The van der Waals surface area contributed by atoms with Crippen LogP contribution in [0.5, 0.6) is 0 Å². The molecule has 1 aromatic carbocycles. The molecule has 8 heteroatoms. The first-order chi connectivity index (χ1) is 15.6. The number of piperidine rings is 1. The van der Waals surface area contributed by atoms with Crippen molar-refractivity contribution in [3.63, 3.8) is 0 Å². The van der Waals surface area contributed by atoms with E-state index in [4.69, 9.17) is 23.2 Å². The van der Waals surface area contributed by atoms with Gasteiger partial charge in [-0.25, -0.2) is 0 Å². The summed E-state index contributed by atoms with van der Waals surface area (Å²) in [5, 5.41) is 8.63. The van der Waals surface area contributed by atoms with Gasteiger partial charge in [0.2, 0.25) is 0 Å². The summed E-state index contributed by atoms with van der Waals surface area (Å²) in [6, 6.07) is 10.3. The molecule has 1 aliphatic heterocycles. The molecule has 6 nitrogen and oxygen atoms in total. The van der Waals surface area contributed by atoms with E-state index in [-0.39, 0.29) is 5.78 Å². The number of hydrogen-bond donors (Lipinski definition) is 0. The molecule has 32 heavy (non-hydrogen) atoms. The molecule has 3 heterocycles. The number of carbonyl (C=O) groups is 1. The third-order valence-electron chi connectivity index (χ3n) is 5.24. The fraction of sp³-hybridized carbons (Fsp3) is 0.292. The number of rotatable bonds is 8. The standard InChI is InChI=1S/C24H25Cl2N5O/c25-6-8-30-15-20(12-27-30)10-22-17-29(14-19-4-2-1-3-5-19)18-23(24(22)32)11-21-13-28-31(16-21)9-7-26/h1-5,10-13,15-16H,6-9,14,17-18H2. The number of aromatic nitrogens is 4. The minimum absolute atomic E-state index is 0.0597. The highest BCUT2D eigenvalue weighted by Crippen LogP contribution is 2.23. The van der Waals surface area contributed by atoms with Gasteiger partial charge in [-0.05, 0) is 17.7 Å². The lowest BCUT2D eigenvalue weighted by Gasteiger charge is -2.29. The second-order valence-corrected chi connectivity index (χ2v) is 8.51. The maximum Gasteiger partial charge on any atom is 0.187 e. The first kappa shape index (κ1) is 22.5. The van der Waals surface area contributed by atoms with Crippen molar-refractivity contribution < 1.29 is 4.79 Å². The number of carbonyl (C=O) groups excluding carboxylic acids is 1. The lowest BCUT2D eigenvalue weighted by molar-refractivity contribution is -0.113. The summed E-state index contributed by atoms with van der Waals surface area (Å²) in [4.78, 5) is 15.6. The van der Waals surface area contributed by atoms with Gasteiger partial charge in [0, 0.05) is 66.1 Å². The van der Waals surface area contributed by atoms with Crippen LogP contribution in [0.2, 0.25) is 0 Å². The van der Waals surface area contributed by atoms with Gasteiger partial charge in [-0.2, -0.15) is 10.2 Å². The molecule has 0 bridgehead atoms. The second kappa shape index (κ2) is 10.8. The van der Waals surface area contributed by atoms with Crippen LogP contribution in [0, 0.1) is 0 Å². The van der Waals surface area contributed by atoms with Crippen molar-refractivity contribution in [2.45, 2.75) is 19.6 Å². The maximum atomic E-state index is 13.3. The first-order valence-corrected chi connectivity index (χ1v) is 11.6. The summed E-state index contributed by atoms with van der Waals surface area (Å²) in [5.74, 6) is 1.04. The summed E-state index contributed by atoms with van der Waals surface area (Å²) < 4.78 is 3.58. The van der Waals surface area contributed by atoms with E-state index in [1.54, 1.807) is 21.8 Å². The smallest absolute Gasteiger partial charge is 0.187 e. The van der Waals surface area contributed by atoms with E-state index in [1.807, 2.05) is 42.7 Å². The first-order valence-electron chi connectivity index (χ1n) is 10.5. The summed E-state index contributed by atoms with van der Waals surface area (Å²) in [7, 11) is 0. The molecule has 1 aliphatic rings. The minimum atomic E-state index is 0.0597. The molecule has 2 aromatic heterocycles. The summed E-state index contributed by atoms with van der Waals surface area (Å²) in [6.07, 6.45) is 11.2. The Morgan fingerprint density at radius 3 is 1.88 bits per heavy atom. The predicted molar refractivity (Wildman–Crippen MR) is 129 cm³/mol. The van der Waals surface area contributed by atoms with Gasteiger partial charge in [0.25, 0.3) is 0 Å². The van der Waals surface area contributed by atoms with E-state index in [0.717, 1.165) is 28.8 Å². The Kier molecular flexibility index (Phi) is 7.58. The molecule has 1 fully saturated rings. The van der Waals surface area contributed by atoms with Crippen LogP contribution in [0.3, 0.4) is 0 Å². The van der Waals surface area contributed by atoms with Crippen molar-refractivity contribution in [2.24, 2.45) is 0 Å². The highest BCUT2D eigenvalue weighted by Gasteiger charge is 2.26. The second-order valence-electron chi connectivity index (χ2n) is 7.75. The minimum Gasteiger partial charge on any atom is -0.290 e. The quantitative estimate of drug-likeness (QED) is 0.367. The fourth-order valence-electron chi connectivity index (χ4n) is 3.79. The number of aryl methyl sites for hydroxylation is 2. The average Bonchev–Trinajstić information content (AvgIpc) is 3.42. The Balaban J connectivity index is 1.62. The third kappa shape index (κ3) is 5.76. The number of nitrogens with zero attached hydrogens (tertiary/aromatic N) is 5. The Bertz CT molecular complexity index is 1050. The number of halogens is 2. The molecular weight excluding hydrogens is 445 g/mol. The van der Waals surface area contributed by atoms with Crippen molar-refractivity contribution in [3.05, 3.63) is 83.0 Å². The molecule has 0 spiro atoms. The van der Waals surface area contributed by atoms with Crippen LogP contribution in [0.4, 0.5) is 0 Å². The highest BCUT2D eigenvalue weighted by molar-refractivity contribution is 6.18. The van der Waals surface area contributed by atoms with Crippen LogP contribution in [0.25, 0.3) is 12.2 Å². The Labute approximate surface area is 197 Å². The fourth-order valence-corrected chi connectivity index (χ4v) is 4.14. The molecule has 4 rings (SSSR count). The van der Waals surface area contributed by atoms with E-state index in [1.165, 1.54) is 5.56 Å². The normalized spacial score (nSPS) is 17.5. The van der Waals surface area contributed by atoms with Crippen LogP contribution in [-0.2, 0) is 24.4 Å². The number of ketones is 1. The number of alkyl halides is 2. The van der Waals surface area contributed by atoms with Gasteiger partial charge in [0.1, 0.15) is 0 Å². The average molecular weight is 470 g/mol. The van der Waals surface area contributed by atoms with Gasteiger partial charge in [-0.1, -0.05) is 30.3 Å². The Morgan fingerprint density at radius 1 is 0.844 bits per heavy atom. The largest absolute Gasteiger partial charge is 0.290 e. The van der Waals surface area contributed by atoms with E-state index in [9.17, 15) is 4.79 Å². The van der Waals surface area contributed by atoms with E-state index >= 15 is 0 Å². The molecule has 0 radical (unpaired) electrons. The van der Waals surface area contributed by atoms with Crippen molar-refractivity contribution in [1.29, 1.82) is 0 Å². The SMILES string of the molecule is O=C1C(=Cc2cnn(CCCl)c2)CN(Cc2ccccc2)CC1=Cc1cnn(CCCl)c1. The van der Waals surface area contributed by atoms with Gasteiger partial charge in [-0.3, -0.25) is 19.1 Å². The zero-order valence-electron chi connectivity index (χ0n) is 17.7. The predicted octanol–water partition coefficient (Wildman–Crippen LogP) is 4.11. The van der Waals surface area contributed by atoms with Gasteiger partial charge < -0.3 is 0 Å². The highest BCUT2D eigenvalue weighted by atomic mass is 35.5. The van der Waals surface area contributed by atoms with Crippen molar-refractivity contribution in [2.75, 3.05) is 24.8 Å². The van der Waals surface area contributed by atoms with Crippen LogP contribution >= 0.6 is 23.2 Å². The van der Waals surface area contributed by atoms with Crippen LogP contribution in [0.1, 0.15) is 16.7 Å². The molecule has 166 valence electrons. The van der Waals surface area contributed by atoms with Crippen LogP contribution < -0.4 is 0 Å². The van der Waals surface area contributed by atoms with Gasteiger partial charge >= 0.3 is 0 Å². The van der Waals surface area contributed by atoms with Gasteiger partial charge in [0.15, 0.2) is 5.78 Å². The van der Waals surface area contributed by atoms with E-state index in [0.29, 0.717) is 37.9 Å². The molecule has 0 saturated carbocycles. The van der Waals surface area contributed by atoms with Crippen LogP contribution in [0.15, 0.2) is 66.3 Å². The molecule has 0 amide bonds. The third-order valence-corrected chi connectivity index (χ3v) is 5.57. The van der Waals surface area contributed by atoms with Crippen molar-refractivity contribution in [3.8, 4) is 0 Å². The van der Waals surface area contributed by atoms with E-state index in [2.05, 4.69) is 27.2 Å². The number of hydrogen-bond acceptors (Lipinski definition) is 4. The zero-order valence-corrected chi connectivity index (χ0v) is 19.2. The molecule has 1 saturated heterocycles. The van der Waals surface area contributed by atoms with Gasteiger partial charge in [-0.15, -0.1) is 23.2 Å². The van der Waals surface area contributed by atoms with E-state index < -0.39 is 0 Å². The monoisotopic (exact) mass is 469 g/mol. The molecule has 0 atom stereocenters. The molecular formula is C24H25Cl2N5O. The lowest BCUT2D eigenvalue weighted by atomic mass is 9.94. The molecule has 0 aliphatic carbocycles. The summed E-state index contributed by atoms with van der Waals surface area (Å²) >= 11 is 11.6. The zero-order chi connectivity index (χ0) is 22.3. The molecule has 0 N–H and O–H groups in total. The number of likely N-dealkylation sites (tertiary alicyclic amines) is 1. The van der Waals surface area contributed by atoms with Gasteiger partial charge in [0.05, 0.1) is 25.5 Å². The maximum absolute atomic E-state index is 13.3. The Hall–Kier alpha value is -2.67.